The highest BCUT2D eigenvalue weighted by atomic mass is 14.7. The summed E-state index contributed by atoms with van der Waals surface area (Å²) in [6.45, 7) is 2.01. The van der Waals surface area contributed by atoms with Gasteiger partial charge in [-0.15, -0.1) is 0 Å². The van der Waals surface area contributed by atoms with E-state index >= 15 is 0 Å². The normalized spacial score (nSPS) is 10.4. The fourth-order valence-electron chi connectivity index (χ4n) is 2.34. The molecule has 0 bridgehead atoms. The highest BCUT2D eigenvalue weighted by Gasteiger charge is 2.11. The Kier molecular flexibility index (Phi) is 2.85. The van der Waals surface area contributed by atoms with E-state index in [0.717, 1.165) is 27.6 Å². The van der Waals surface area contributed by atoms with Gasteiger partial charge in [-0.25, -0.2) is 4.98 Å². The van der Waals surface area contributed by atoms with Gasteiger partial charge in [-0.1, -0.05) is 24.3 Å². The topological polar surface area (TPSA) is 62.7 Å². The number of hydrogen-bond donors (Lipinski definition) is 1. The lowest BCUT2D eigenvalue weighted by Crippen LogP contribution is -1.94. The van der Waals surface area contributed by atoms with E-state index in [1.807, 2.05) is 55.5 Å². The van der Waals surface area contributed by atoms with Gasteiger partial charge in [-0.3, -0.25) is 0 Å². The van der Waals surface area contributed by atoms with Crippen molar-refractivity contribution in [3.63, 3.8) is 0 Å². The number of aromatic nitrogens is 1. The lowest BCUT2D eigenvalue weighted by molar-refractivity contribution is 1.31. The molecule has 0 aliphatic rings. The molecule has 0 aliphatic heterocycles. The second-order valence-corrected chi connectivity index (χ2v) is 4.76. The van der Waals surface area contributed by atoms with E-state index < -0.39 is 0 Å². The number of pyridine rings is 1. The summed E-state index contributed by atoms with van der Waals surface area (Å²) in [6, 6.07) is 17.7. The van der Waals surface area contributed by atoms with Gasteiger partial charge in [-0.05, 0) is 42.3 Å². The Morgan fingerprint density at radius 1 is 1.05 bits per heavy atom. The maximum absolute atomic E-state index is 9.36. The minimum Gasteiger partial charge on any atom is -0.399 e. The van der Waals surface area contributed by atoms with Crippen molar-refractivity contribution in [2.45, 2.75) is 6.92 Å². The molecule has 20 heavy (non-hydrogen) atoms. The summed E-state index contributed by atoms with van der Waals surface area (Å²) in [4.78, 5) is 4.44. The van der Waals surface area contributed by atoms with Crippen LogP contribution in [-0.4, -0.2) is 4.98 Å². The zero-order valence-corrected chi connectivity index (χ0v) is 11.1. The van der Waals surface area contributed by atoms with Crippen molar-refractivity contribution < 1.29 is 0 Å². The standard InChI is InChI=1S/C17H13N3/c1-11-6-7-13(19)9-14(11)15-8-12-4-2-3-5-16(12)20-17(15)10-18/h2-9H,19H2,1H3. The first kappa shape index (κ1) is 12.2. The highest BCUT2D eigenvalue weighted by Crippen LogP contribution is 2.30. The van der Waals surface area contributed by atoms with E-state index in [1.165, 1.54) is 0 Å². The smallest absolute Gasteiger partial charge is 0.149 e. The van der Waals surface area contributed by atoms with Gasteiger partial charge in [0.15, 0.2) is 0 Å². The van der Waals surface area contributed by atoms with Crippen LogP contribution in [0.15, 0.2) is 48.5 Å². The number of nitrogen functional groups attached to an aromatic ring is 1. The molecule has 2 N–H and O–H groups in total. The number of nitrogens with two attached hydrogens (primary N) is 1. The number of para-hydroxylation sites is 1. The fraction of sp³-hybridized carbons (Fsp3) is 0.0588. The summed E-state index contributed by atoms with van der Waals surface area (Å²) in [5.74, 6) is 0. The van der Waals surface area contributed by atoms with E-state index in [0.29, 0.717) is 11.4 Å². The highest BCUT2D eigenvalue weighted by molar-refractivity contribution is 5.87. The first-order valence-electron chi connectivity index (χ1n) is 6.35. The molecule has 3 nitrogen and oxygen atoms in total. The first-order valence-corrected chi connectivity index (χ1v) is 6.35. The Morgan fingerprint density at radius 3 is 2.65 bits per heavy atom. The van der Waals surface area contributed by atoms with Crippen LogP contribution in [-0.2, 0) is 0 Å². The van der Waals surface area contributed by atoms with Crippen molar-refractivity contribution >= 4 is 16.6 Å². The van der Waals surface area contributed by atoms with E-state index in [2.05, 4.69) is 11.1 Å². The van der Waals surface area contributed by atoms with Crippen molar-refractivity contribution in [1.29, 1.82) is 5.26 Å². The van der Waals surface area contributed by atoms with Crippen LogP contribution in [0.2, 0.25) is 0 Å². The number of anilines is 1. The molecule has 0 unspecified atom stereocenters. The van der Waals surface area contributed by atoms with Crippen molar-refractivity contribution in [2.24, 2.45) is 0 Å². The molecular formula is C17H13N3. The molecule has 0 radical (unpaired) electrons. The third-order valence-electron chi connectivity index (χ3n) is 3.38. The lowest BCUT2D eigenvalue weighted by atomic mass is 9.97. The van der Waals surface area contributed by atoms with E-state index in [1.54, 1.807) is 0 Å². The van der Waals surface area contributed by atoms with Crippen molar-refractivity contribution in [2.75, 3.05) is 5.73 Å². The van der Waals surface area contributed by atoms with E-state index in [9.17, 15) is 5.26 Å². The third kappa shape index (κ3) is 1.98. The lowest BCUT2D eigenvalue weighted by Gasteiger charge is -2.10. The molecule has 0 saturated heterocycles. The van der Waals surface area contributed by atoms with Gasteiger partial charge >= 0.3 is 0 Å². The second-order valence-electron chi connectivity index (χ2n) is 4.76. The molecule has 0 aliphatic carbocycles. The summed E-state index contributed by atoms with van der Waals surface area (Å²) in [5.41, 5.74) is 10.7. The van der Waals surface area contributed by atoms with Gasteiger partial charge in [0, 0.05) is 16.6 Å². The van der Waals surface area contributed by atoms with Crippen LogP contribution in [0.1, 0.15) is 11.3 Å². The number of hydrogen-bond acceptors (Lipinski definition) is 3. The number of rotatable bonds is 1. The Morgan fingerprint density at radius 2 is 1.85 bits per heavy atom. The van der Waals surface area contributed by atoms with Crippen LogP contribution < -0.4 is 5.73 Å². The van der Waals surface area contributed by atoms with E-state index in [-0.39, 0.29) is 0 Å². The summed E-state index contributed by atoms with van der Waals surface area (Å²) in [6.07, 6.45) is 0. The number of aryl methyl sites for hydroxylation is 1. The monoisotopic (exact) mass is 259 g/mol. The molecule has 3 heteroatoms. The average Bonchev–Trinajstić information content (AvgIpc) is 2.48. The molecule has 0 spiro atoms. The SMILES string of the molecule is Cc1ccc(N)cc1-c1cc2ccccc2nc1C#N. The summed E-state index contributed by atoms with van der Waals surface area (Å²) in [5, 5.41) is 10.4. The van der Waals surface area contributed by atoms with Crippen LogP contribution in [0.3, 0.4) is 0 Å². The molecule has 1 aromatic heterocycles. The summed E-state index contributed by atoms with van der Waals surface area (Å²) in [7, 11) is 0. The largest absolute Gasteiger partial charge is 0.399 e. The Balaban J connectivity index is 2.35. The van der Waals surface area contributed by atoms with Crippen molar-refractivity contribution in [3.8, 4) is 17.2 Å². The minimum absolute atomic E-state index is 0.428. The Labute approximate surface area is 117 Å². The zero-order chi connectivity index (χ0) is 14.1. The predicted molar refractivity (Wildman–Crippen MR) is 81.0 cm³/mol. The van der Waals surface area contributed by atoms with Gasteiger partial charge in [0.1, 0.15) is 11.8 Å². The van der Waals surface area contributed by atoms with Crippen molar-refractivity contribution in [3.05, 3.63) is 59.8 Å². The Bertz CT molecular complexity index is 844. The molecule has 0 saturated carbocycles. The van der Waals surface area contributed by atoms with E-state index in [4.69, 9.17) is 5.73 Å². The maximum atomic E-state index is 9.36. The fourth-order valence-corrected chi connectivity index (χ4v) is 2.34. The molecule has 1 heterocycles. The first-order chi connectivity index (χ1) is 9.69. The quantitative estimate of drug-likeness (QED) is 0.678. The predicted octanol–water partition coefficient (Wildman–Crippen LogP) is 3.66. The molecule has 0 fully saturated rings. The zero-order valence-electron chi connectivity index (χ0n) is 11.1. The van der Waals surface area contributed by atoms with Crippen molar-refractivity contribution in [1.82, 2.24) is 4.98 Å². The second kappa shape index (κ2) is 4.67. The van der Waals surface area contributed by atoms with Gasteiger partial charge in [0.2, 0.25) is 0 Å². The molecule has 0 amide bonds. The molecule has 3 aromatic rings. The van der Waals surface area contributed by atoms with Gasteiger partial charge in [0.05, 0.1) is 5.52 Å². The van der Waals surface area contributed by atoms with Crippen LogP contribution in [0.25, 0.3) is 22.0 Å². The molecule has 3 rings (SSSR count). The third-order valence-corrected chi connectivity index (χ3v) is 3.38. The van der Waals surface area contributed by atoms with Crippen LogP contribution in [0, 0.1) is 18.3 Å². The Hall–Kier alpha value is -2.86. The number of nitriles is 1. The molecule has 0 atom stereocenters. The number of nitrogens with zero attached hydrogens (tertiary/aromatic N) is 2. The van der Waals surface area contributed by atoms with Gasteiger partial charge in [0.25, 0.3) is 0 Å². The van der Waals surface area contributed by atoms with Gasteiger partial charge < -0.3 is 5.73 Å². The minimum atomic E-state index is 0.428. The van der Waals surface area contributed by atoms with Crippen LogP contribution in [0.4, 0.5) is 5.69 Å². The number of fused-ring (bicyclic) bond motifs is 1. The summed E-state index contributed by atoms with van der Waals surface area (Å²) < 4.78 is 0. The van der Waals surface area contributed by atoms with Gasteiger partial charge in [-0.2, -0.15) is 5.26 Å². The average molecular weight is 259 g/mol. The molecule has 2 aromatic carbocycles. The summed E-state index contributed by atoms with van der Waals surface area (Å²) >= 11 is 0. The van der Waals surface area contributed by atoms with Crippen LogP contribution in [0.5, 0.6) is 0 Å². The number of benzene rings is 2. The molecular weight excluding hydrogens is 246 g/mol. The van der Waals surface area contributed by atoms with Crippen LogP contribution >= 0.6 is 0 Å². The molecule has 96 valence electrons. The maximum Gasteiger partial charge on any atom is 0.149 e.